The number of pyridine rings is 1. The molecule has 1 N–H and O–H groups in total. The van der Waals surface area contributed by atoms with E-state index >= 15 is 0 Å². The topological polar surface area (TPSA) is 77.3 Å². The molecule has 21 heavy (non-hydrogen) atoms. The number of aromatic nitrogens is 1. The van der Waals surface area contributed by atoms with Gasteiger partial charge in [0.05, 0.1) is 10.6 Å². The highest BCUT2D eigenvalue weighted by Crippen LogP contribution is 2.30. The van der Waals surface area contributed by atoms with Gasteiger partial charge in [-0.15, -0.1) is 0 Å². The molecule has 0 spiro atoms. The summed E-state index contributed by atoms with van der Waals surface area (Å²) >= 11 is 0. The smallest absolute Gasteiger partial charge is 0.311 e. The van der Waals surface area contributed by atoms with Crippen LogP contribution in [0, 0.1) is 17.0 Å². The van der Waals surface area contributed by atoms with Crippen molar-refractivity contribution in [1.29, 1.82) is 0 Å². The molecule has 6 heteroatoms. The lowest BCUT2D eigenvalue weighted by atomic mass is 10.2. The minimum Gasteiger partial charge on any atom is -0.480 e. The van der Waals surface area contributed by atoms with Crippen LogP contribution in [0.5, 0.6) is 5.75 Å². The minimum atomic E-state index is -0.440. The molecule has 0 amide bonds. The fourth-order valence-electron chi connectivity index (χ4n) is 1.95. The Labute approximate surface area is 122 Å². The summed E-state index contributed by atoms with van der Waals surface area (Å²) in [6.07, 6.45) is 0. The first-order valence-corrected chi connectivity index (χ1v) is 6.68. The van der Waals surface area contributed by atoms with Crippen LogP contribution >= 0.6 is 0 Å². The molecule has 0 saturated heterocycles. The number of benzene rings is 1. The third-order valence-electron chi connectivity index (χ3n) is 2.92. The van der Waals surface area contributed by atoms with E-state index < -0.39 is 4.92 Å². The van der Waals surface area contributed by atoms with Crippen LogP contribution in [0.1, 0.15) is 18.2 Å². The lowest BCUT2D eigenvalue weighted by Crippen LogP contribution is -2.05. The van der Waals surface area contributed by atoms with Crippen LogP contribution < -0.4 is 10.1 Å². The maximum atomic E-state index is 11.0. The van der Waals surface area contributed by atoms with E-state index in [0.29, 0.717) is 5.69 Å². The van der Waals surface area contributed by atoms with Crippen LogP contribution in [0.4, 0.5) is 11.5 Å². The van der Waals surface area contributed by atoms with Crippen LogP contribution in [-0.2, 0) is 6.61 Å². The lowest BCUT2D eigenvalue weighted by molar-refractivity contribution is -0.386. The van der Waals surface area contributed by atoms with Crippen LogP contribution in [0.15, 0.2) is 36.4 Å². The number of nitro benzene ring substituents is 1. The van der Waals surface area contributed by atoms with Crippen molar-refractivity contribution in [2.45, 2.75) is 20.5 Å². The summed E-state index contributed by atoms with van der Waals surface area (Å²) < 4.78 is 5.62. The molecule has 0 saturated carbocycles. The first kappa shape index (κ1) is 14.8. The van der Waals surface area contributed by atoms with Crippen LogP contribution in [0.25, 0.3) is 0 Å². The van der Waals surface area contributed by atoms with Crippen molar-refractivity contribution in [3.05, 3.63) is 57.8 Å². The second-order valence-electron chi connectivity index (χ2n) is 4.51. The number of anilines is 1. The molecule has 110 valence electrons. The number of hydrogen-bond donors (Lipinski definition) is 1. The summed E-state index contributed by atoms with van der Waals surface area (Å²) in [5.41, 5.74) is 1.41. The Bertz CT molecular complexity index is 644. The van der Waals surface area contributed by atoms with E-state index in [1.165, 1.54) is 6.07 Å². The summed E-state index contributed by atoms with van der Waals surface area (Å²) in [5, 5.41) is 14.1. The first-order valence-electron chi connectivity index (χ1n) is 6.68. The van der Waals surface area contributed by atoms with Gasteiger partial charge in [-0.1, -0.05) is 18.2 Å². The van der Waals surface area contributed by atoms with Crippen molar-refractivity contribution in [3.63, 3.8) is 0 Å². The molecule has 0 aliphatic carbocycles. The maximum absolute atomic E-state index is 11.0. The molecule has 0 fully saturated rings. The Morgan fingerprint density at radius 3 is 2.76 bits per heavy atom. The van der Waals surface area contributed by atoms with E-state index in [1.807, 2.05) is 25.1 Å². The fourth-order valence-corrected chi connectivity index (χ4v) is 1.95. The molecule has 2 rings (SSSR count). The quantitative estimate of drug-likeness (QED) is 0.651. The van der Waals surface area contributed by atoms with Crippen LogP contribution in [0.2, 0.25) is 0 Å². The predicted octanol–water partition coefficient (Wildman–Crippen LogP) is 3.31. The van der Waals surface area contributed by atoms with E-state index in [4.69, 9.17) is 4.74 Å². The van der Waals surface area contributed by atoms with Crippen LogP contribution in [-0.4, -0.2) is 16.5 Å². The number of para-hydroxylation sites is 1. The number of rotatable bonds is 6. The van der Waals surface area contributed by atoms with Gasteiger partial charge in [0.15, 0.2) is 5.75 Å². The molecule has 6 nitrogen and oxygen atoms in total. The Balaban J connectivity index is 2.16. The maximum Gasteiger partial charge on any atom is 0.311 e. The second-order valence-corrected chi connectivity index (χ2v) is 4.51. The average Bonchev–Trinajstić information content (AvgIpc) is 2.46. The number of aryl methyl sites for hydroxylation is 1. The predicted molar refractivity (Wildman–Crippen MR) is 80.6 cm³/mol. The van der Waals surface area contributed by atoms with Gasteiger partial charge in [-0.25, -0.2) is 4.98 Å². The normalized spacial score (nSPS) is 10.2. The largest absolute Gasteiger partial charge is 0.480 e. The zero-order valence-electron chi connectivity index (χ0n) is 12.0. The number of hydrogen-bond acceptors (Lipinski definition) is 5. The molecule has 1 aromatic heterocycles. The summed E-state index contributed by atoms with van der Waals surface area (Å²) in [5.74, 6) is 1.05. The molecular weight excluding hydrogens is 270 g/mol. The highest BCUT2D eigenvalue weighted by atomic mass is 16.6. The molecular formula is C15H17N3O3. The summed E-state index contributed by atoms with van der Waals surface area (Å²) in [4.78, 5) is 15.0. The summed E-state index contributed by atoms with van der Waals surface area (Å²) in [6.45, 7) is 4.73. The number of nitro groups is 1. The van der Waals surface area contributed by atoms with Crippen molar-refractivity contribution in [3.8, 4) is 5.75 Å². The van der Waals surface area contributed by atoms with Gasteiger partial charge in [-0.2, -0.15) is 0 Å². The Hall–Kier alpha value is -2.63. The zero-order valence-corrected chi connectivity index (χ0v) is 12.0. The fraction of sp³-hybridized carbons (Fsp3) is 0.267. The van der Waals surface area contributed by atoms with Gasteiger partial charge in [-0.05, 0) is 31.5 Å². The average molecular weight is 287 g/mol. The van der Waals surface area contributed by atoms with E-state index in [2.05, 4.69) is 10.3 Å². The van der Waals surface area contributed by atoms with Crippen molar-refractivity contribution in [2.24, 2.45) is 0 Å². The standard InChI is InChI=1S/C15H17N3O3/c1-3-16-14-9-5-7-12(17-14)10-21-15-11(2)6-4-8-13(15)18(19)20/h4-9H,3,10H2,1-2H3,(H,16,17). The van der Waals surface area contributed by atoms with Crippen molar-refractivity contribution >= 4 is 11.5 Å². The van der Waals surface area contributed by atoms with Gasteiger partial charge in [0.1, 0.15) is 12.4 Å². The molecule has 1 heterocycles. The van der Waals surface area contributed by atoms with Gasteiger partial charge in [-0.3, -0.25) is 10.1 Å². The van der Waals surface area contributed by atoms with E-state index in [-0.39, 0.29) is 18.0 Å². The number of nitrogens with one attached hydrogen (secondary N) is 1. The van der Waals surface area contributed by atoms with Crippen LogP contribution in [0.3, 0.4) is 0 Å². The Morgan fingerprint density at radius 2 is 2.05 bits per heavy atom. The molecule has 0 aliphatic heterocycles. The monoisotopic (exact) mass is 287 g/mol. The van der Waals surface area contributed by atoms with Gasteiger partial charge < -0.3 is 10.1 Å². The Morgan fingerprint density at radius 1 is 1.29 bits per heavy atom. The minimum absolute atomic E-state index is 0.0298. The molecule has 0 unspecified atom stereocenters. The molecule has 0 bridgehead atoms. The molecule has 1 aromatic carbocycles. The van der Waals surface area contributed by atoms with E-state index in [1.54, 1.807) is 19.1 Å². The second kappa shape index (κ2) is 6.69. The summed E-state index contributed by atoms with van der Waals surface area (Å²) in [7, 11) is 0. The molecule has 0 atom stereocenters. The SMILES string of the molecule is CCNc1cccc(COc2c(C)cccc2[N+](=O)[O-])n1. The van der Waals surface area contributed by atoms with Gasteiger partial charge in [0.25, 0.3) is 0 Å². The summed E-state index contributed by atoms with van der Waals surface area (Å²) in [6, 6.07) is 10.4. The Kier molecular flexibility index (Phi) is 4.71. The van der Waals surface area contributed by atoms with Gasteiger partial charge in [0, 0.05) is 12.6 Å². The highest BCUT2D eigenvalue weighted by Gasteiger charge is 2.17. The van der Waals surface area contributed by atoms with Crippen molar-refractivity contribution < 1.29 is 9.66 Å². The van der Waals surface area contributed by atoms with E-state index in [0.717, 1.165) is 17.9 Å². The van der Waals surface area contributed by atoms with Gasteiger partial charge in [0.2, 0.25) is 0 Å². The van der Waals surface area contributed by atoms with Crippen molar-refractivity contribution in [2.75, 3.05) is 11.9 Å². The number of ether oxygens (including phenoxy) is 1. The lowest BCUT2D eigenvalue weighted by Gasteiger charge is -2.10. The zero-order chi connectivity index (χ0) is 15.2. The number of nitrogens with zero attached hydrogens (tertiary/aromatic N) is 2. The molecule has 0 radical (unpaired) electrons. The first-order chi connectivity index (χ1) is 10.1. The molecule has 0 aliphatic rings. The van der Waals surface area contributed by atoms with Crippen molar-refractivity contribution in [1.82, 2.24) is 4.98 Å². The third-order valence-corrected chi connectivity index (χ3v) is 2.92. The van der Waals surface area contributed by atoms with Gasteiger partial charge >= 0.3 is 5.69 Å². The third kappa shape index (κ3) is 3.68. The van der Waals surface area contributed by atoms with E-state index in [9.17, 15) is 10.1 Å². The highest BCUT2D eigenvalue weighted by molar-refractivity contribution is 5.51. The molecule has 2 aromatic rings.